The molecular weight excluding hydrogens is 204 g/mol. The lowest BCUT2D eigenvalue weighted by Gasteiger charge is -2.01. The molecule has 0 aliphatic heterocycles. The highest BCUT2D eigenvalue weighted by Gasteiger charge is 2.23. The molecule has 84 valence electrons. The number of hydrogen-bond donors (Lipinski definition) is 1. The van der Waals surface area contributed by atoms with Gasteiger partial charge in [-0.15, -0.1) is 0 Å². The Kier molecular flexibility index (Phi) is 2.05. The molecule has 5 nitrogen and oxygen atoms in total. The van der Waals surface area contributed by atoms with E-state index in [9.17, 15) is 4.79 Å². The minimum Gasteiger partial charge on any atom is -0.310 e. The zero-order chi connectivity index (χ0) is 11.1. The van der Waals surface area contributed by atoms with Crippen molar-refractivity contribution in [3.8, 4) is 0 Å². The Morgan fingerprint density at radius 1 is 1.56 bits per heavy atom. The lowest BCUT2D eigenvalue weighted by atomic mass is 10.3. The normalized spacial score (nSPS) is 15.8. The van der Waals surface area contributed by atoms with E-state index in [1.807, 2.05) is 6.92 Å². The molecule has 1 aliphatic rings. The van der Waals surface area contributed by atoms with Crippen LogP contribution in [-0.4, -0.2) is 19.7 Å². The highest BCUT2D eigenvalue weighted by atomic mass is 16.1. The molecule has 2 aromatic heterocycles. The van der Waals surface area contributed by atoms with Gasteiger partial charge in [0.1, 0.15) is 11.2 Å². The van der Waals surface area contributed by atoms with Crippen molar-refractivity contribution in [2.75, 3.05) is 0 Å². The Bertz CT molecular complexity index is 579. The van der Waals surface area contributed by atoms with Crippen LogP contribution in [0.1, 0.15) is 25.6 Å². The zero-order valence-electron chi connectivity index (χ0n) is 9.23. The lowest BCUT2D eigenvalue weighted by molar-refractivity contribution is 0.671. The second kappa shape index (κ2) is 3.43. The van der Waals surface area contributed by atoms with Crippen LogP contribution < -0.4 is 5.56 Å². The largest absolute Gasteiger partial charge is 0.310 e. The van der Waals surface area contributed by atoms with Gasteiger partial charge in [0.15, 0.2) is 5.65 Å². The highest BCUT2D eigenvalue weighted by Crippen LogP contribution is 2.31. The summed E-state index contributed by atoms with van der Waals surface area (Å²) in [6, 6.07) is 0. The van der Waals surface area contributed by atoms with Crippen LogP contribution >= 0.6 is 0 Å². The van der Waals surface area contributed by atoms with Gasteiger partial charge in [-0.25, -0.2) is 9.67 Å². The van der Waals surface area contributed by atoms with Gasteiger partial charge in [0.05, 0.1) is 6.20 Å². The summed E-state index contributed by atoms with van der Waals surface area (Å²) >= 11 is 0. The van der Waals surface area contributed by atoms with Gasteiger partial charge in [-0.3, -0.25) is 4.79 Å². The molecule has 1 fully saturated rings. The Labute approximate surface area is 92.5 Å². The first-order valence-corrected chi connectivity index (χ1v) is 5.72. The number of H-pyrrole nitrogens is 1. The molecule has 16 heavy (non-hydrogen) atoms. The van der Waals surface area contributed by atoms with Crippen molar-refractivity contribution in [3.05, 3.63) is 22.4 Å². The SMILES string of the molecule is CCn1ncc2c(=O)[nH]c(CC3CC3)nc21. The van der Waals surface area contributed by atoms with E-state index < -0.39 is 0 Å². The first-order valence-electron chi connectivity index (χ1n) is 5.72. The molecular formula is C11H14N4O. The van der Waals surface area contributed by atoms with Crippen molar-refractivity contribution in [3.63, 3.8) is 0 Å². The third-order valence-electron chi connectivity index (χ3n) is 3.03. The highest BCUT2D eigenvalue weighted by molar-refractivity contribution is 5.73. The Balaban J connectivity index is 2.13. The summed E-state index contributed by atoms with van der Waals surface area (Å²) in [7, 11) is 0. The summed E-state index contributed by atoms with van der Waals surface area (Å²) in [5.41, 5.74) is 0.641. The van der Waals surface area contributed by atoms with Gasteiger partial charge >= 0.3 is 0 Å². The molecule has 0 spiro atoms. The molecule has 2 heterocycles. The van der Waals surface area contributed by atoms with Crippen molar-refractivity contribution in [2.24, 2.45) is 5.92 Å². The summed E-state index contributed by atoms with van der Waals surface area (Å²) in [5.74, 6) is 1.52. The average Bonchev–Trinajstić information content (AvgIpc) is 2.96. The third kappa shape index (κ3) is 1.52. The van der Waals surface area contributed by atoms with Crippen molar-refractivity contribution in [1.82, 2.24) is 19.7 Å². The van der Waals surface area contributed by atoms with Gasteiger partial charge in [0.25, 0.3) is 5.56 Å². The molecule has 0 radical (unpaired) electrons. The van der Waals surface area contributed by atoms with E-state index in [0.29, 0.717) is 11.0 Å². The molecule has 3 rings (SSSR count). The van der Waals surface area contributed by atoms with Crippen LogP contribution in [0.2, 0.25) is 0 Å². The van der Waals surface area contributed by atoms with Gasteiger partial charge < -0.3 is 4.98 Å². The summed E-state index contributed by atoms with van der Waals surface area (Å²) in [4.78, 5) is 19.1. The van der Waals surface area contributed by atoms with E-state index >= 15 is 0 Å². The molecule has 0 bridgehead atoms. The van der Waals surface area contributed by atoms with Crippen LogP contribution in [-0.2, 0) is 13.0 Å². The summed E-state index contributed by atoms with van der Waals surface area (Å²) in [6.07, 6.45) is 5.00. The standard InChI is InChI=1S/C11H14N4O/c1-2-15-10-8(6-12-15)11(16)14-9(13-10)5-7-3-4-7/h6-7H,2-5H2,1H3,(H,13,14,16). The number of nitrogens with one attached hydrogen (secondary N) is 1. The van der Waals surface area contributed by atoms with Crippen LogP contribution in [0.15, 0.2) is 11.0 Å². The zero-order valence-corrected chi connectivity index (χ0v) is 9.23. The van der Waals surface area contributed by atoms with Crippen LogP contribution in [0.25, 0.3) is 11.0 Å². The number of fused-ring (bicyclic) bond motifs is 1. The number of hydrogen-bond acceptors (Lipinski definition) is 3. The van der Waals surface area contributed by atoms with Crippen LogP contribution in [0.4, 0.5) is 0 Å². The number of nitrogens with zero attached hydrogens (tertiary/aromatic N) is 3. The molecule has 2 aromatic rings. The fourth-order valence-corrected chi connectivity index (χ4v) is 1.93. The van der Waals surface area contributed by atoms with E-state index in [1.54, 1.807) is 10.9 Å². The van der Waals surface area contributed by atoms with Crippen LogP contribution in [0.3, 0.4) is 0 Å². The van der Waals surface area contributed by atoms with Crippen molar-refractivity contribution < 1.29 is 0 Å². The van der Waals surface area contributed by atoms with Gasteiger partial charge in [0, 0.05) is 13.0 Å². The van der Waals surface area contributed by atoms with Crippen molar-refractivity contribution >= 4 is 11.0 Å². The second-order valence-electron chi connectivity index (χ2n) is 4.36. The molecule has 0 amide bonds. The minimum absolute atomic E-state index is 0.0691. The summed E-state index contributed by atoms with van der Waals surface area (Å²) in [5, 5.41) is 4.73. The molecule has 5 heteroatoms. The Morgan fingerprint density at radius 2 is 2.38 bits per heavy atom. The molecule has 0 unspecified atom stereocenters. The Hall–Kier alpha value is -1.65. The van der Waals surface area contributed by atoms with Crippen molar-refractivity contribution in [1.29, 1.82) is 0 Å². The fourth-order valence-electron chi connectivity index (χ4n) is 1.93. The average molecular weight is 218 g/mol. The van der Waals surface area contributed by atoms with Gasteiger partial charge in [0.2, 0.25) is 0 Å². The molecule has 0 atom stereocenters. The van der Waals surface area contributed by atoms with E-state index in [0.717, 1.165) is 24.7 Å². The maximum Gasteiger partial charge on any atom is 0.262 e. The van der Waals surface area contributed by atoms with Gasteiger partial charge in [-0.1, -0.05) is 0 Å². The monoisotopic (exact) mass is 218 g/mol. The minimum atomic E-state index is -0.0691. The lowest BCUT2D eigenvalue weighted by Crippen LogP contribution is -2.13. The Morgan fingerprint density at radius 3 is 3.06 bits per heavy atom. The quantitative estimate of drug-likeness (QED) is 0.838. The van der Waals surface area contributed by atoms with Crippen LogP contribution in [0, 0.1) is 5.92 Å². The smallest absolute Gasteiger partial charge is 0.262 e. The molecule has 1 aliphatic carbocycles. The number of aryl methyl sites for hydroxylation is 1. The molecule has 1 N–H and O–H groups in total. The van der Waals surface area contributed by atoms with E-state index in [4.69, 9.17) is 0 Å². The van der Waals surface area contributed by atoms with E-state index in [2.05, 4.69) is 15.1 Å². The third-order valence-corrected chi connectivity index (χ3v) is 3.03. The topological polar surface area (TPSA) is 63.6 Å². The molecule has 0 saturated heterocycles. The maximum atomic E-state index is 11.8. The summed E-state index contributed by atoms with van der Waals surface area (Å²) in [6.45, 7) is 2.73. The first-order chi connectivity index (χ1) is 7.78. The first kappa shape index (κ1) is 9.57. The predicted octanol–water partition coefficient (Wildman–Crippen LogP) is 1.09. The summed E-state index contributed by atoms with van der Waals surface area (Å²) < 4.78 is 1.76. The number of aromatic amines is 1. The van der Waals surface area contributed by atoms with Gasteiger partial charge in [-0.05, 0) is 25.7 Å². The van der Waals surface area contributed by atoms with E-state index in [1.165, 1.54) is 12.8 Å². The van der Waals surface area contributed by atoms with E-state index in [-0.39, 0.29) is 5.56 Å². The maximum absolute atomic E-state index is 11.8. The predicted molar refractivity (Wildman–Crippen MR) is 60.3 cm³/mol. The number of aromatic nitrogens is 4. The molecule has 1 saturated carbocycles. The van der Waals surface area contributed by atoms with Gasteiger partial charge in [-0.2, -0.15) is 5.10 Å². The van der Waals surface area contributed by atoms with Crippen molar-refractivity contribution in [2.45, 2.75) is 32.7 Å². The second-order valence-corrected chi connectivity index (χ2v) is 4.36. The number of rotatable bonds is 3. The molecule has 0 aromatic carbocycles. The fraction of sp³-hybridized carbons (Fsp3) is 0.545. The van der Waals surface area contributed by atoms with Crippen LogP contribution in [0.5, 0.6) is 0 Å².